The van der Waals surface area contributed by atoms with Gasteiger partial charge in [-0.1, -0.05) is 0 Å². The molecule has 1 saturated heterocycles. The van der Waals surface area contributed by atoms with Crippen LogP contribution in [0.3, 0.4) is 0 Å². The Bertz CT molecular complexity index is 529. The van der Waals surface area contributed by atoms with Crippen molar-refractivity contribution in [3.05, 3.63) is 24.0 Å². The number of likely N-dealkylation sites (tertiary alicyclic amines) is 1. The van der Waals surface area contributed by atoms with E-state index >= 15 is 0 Å². The highest BCUT2D eigenvalue weighted by molar-refractivity contribution is 5.89. The van der Waals surface area contributed by atoms with E-state index in [1.54, 1.807) is 12.1 Å². The number of fused-ring (bicyclic) bond motifs is 2. The lowest BCUT2D eigenvalue weighted by Gasteiger charge is -2.27. The number of carbonyl (C=O) groups excluding carboxylic acids is 1. The maximum absolute atomic E-state index is 12.2. The minimum Gasteiger partial charge on any atom is -0.481 e. The van der Waals surface area contributed by atoms with Crippen LogP contribution in [0.5, 0.6) is 0 Å². The average Bonchev–Trinajstić information content (AvgIpc) is 3.03. The molecule has 2 amide bonds. The Hall–Kier alpha value is -2.11. The standard InChI is InChI=1S/C14H17N3O3/c18-13(19)6-10-2-3-11(7-15-10)16-14(20)17-8-9-1-4-12(17)5-9/h2-3,7,9,12H,1,4-6,8H2,(H,16,20)(H,18,19). The van der Waals surface area contributed by atoms with Crippen molar-refractivity contribution in [3.63, 3.8) is 0 Å². The monoisotopic (exact) mass is 275 g/mol. The first kappa shape index (κ1) is 12.9. The molecule has 0 spiro atoms. The molecule has 1 aromatic rings. The van der Waals surface area contributed by atoms with Crippen LogP contribution in [0, 0.1) is 5.92 Å². The highest BCUT2D eigenvalue weighted by Crippen LogP contribution is 2.37. The molecule has 1 saturated carbocycles. The molecule has 6 heteroatoms. The summed E-state index contributed by atoms with van der Waals surface area (Å²) in [6.07, 6.45) is 4.87. The fourth-order valence-electron chi connectivity index (χ4n) is 3.13. The third kappa shape index (κ3) is 2.59. The summed E-state index contributed by atoms with van der Waals surface area (Å²) in [5.74, 6) is -0.246. The molecule has 6 nitrogen and oxygen atoms in total. The van der Waals surface area contributed by atoms with Gasteiger partial charge in [0.2, 0.25) is 0 Å². The van der Waals surface area contributed by atoms with Crippen LogP contribution in [-0.2, 0) is 11.2 Å². The summed E-state index contributed by atoms with van der Waals surface area (Å²) >= 11 is 0. The molecule has 1 aliphatic heterocycles. The Balaban J connectivity index is 1.60. The predicted molar refractivity (Wildman–Crippen MR) is 72.4 cm³/mol. The fraction of sp³-hybridized carbons (Fsp3) is 0.500. The molecule has 2 aliphatic rings. The second kappa shape index (κ2) is 5.11. The number of nitrogens with one attached hydrogen (secondary N) is 1. The molecule has 2 fully saturated rings. The molecule has 2 N–H and O–H groups in total. The fourth-order valence-corrected chi connectivity index (χ4v) is 3.13. The number of hydrogen-bond acceptors (Lipinski definition) is 3. The van der Waals surface area contributed by atoms with Gasteiger partial charge in [-0.3, -0.25) is 9.78 Å². The number of hydrogen-bond donors (Lipinski definition) is 2. The van der Waals surface area contributed by atoms with Crippen molar-refractivity contribution in [2.45, 2.75) is 31.7 Å². The molecule has 2 atom stereocenters. The third-order valence-corrected chi connectivity index (χ3v) is 4.08. The van der Waals surface area contributed by atoms with E-state index in [2.05, 4.69) is 10.3 Å². The number of rotatable bonds is 3. The lowest BCUT2D eigenvalue weighted by molar-refractivity contribution is -0.136. The van der Waals surface area contributed by atoms with Crippen molar-refractivity contribution in [2.75, 3.05) is 11.9 Å². The van der Waals surface area contributed by atoms with Crippen molar-refractivity contribution in [1.29, 1.82) is 0 Å². The summed E-state index contributed by atoms with van der Waals surface area (Å²) in [6.45, 7) is 0.848. The summed E-state index contributed by atoms with van der Waals surface area (Å²) < 4.78 is 0. The normalized spacial score (nSPS) is 23.9. The van der Waals surface area contributed by atoms with Crippen molar-refractivity contribution in [2.24, 2.45) is 5.92 Å². The third-order valence-electron chi connectivity index (χ3n) is 4.08. The van der Waals surface area contributed by atoms with Crippen LogP contribution in [0.4, 0.5) is 10.5 Å². The molecule has 2 heterocycles. The first-order chi connectivity index (χ1) is 9.61. The number of amides is 2. The zero-order valence-electron chi connectivity index (χ0n) is 11.1. The first-order valence-electron chi connectivity index (χ1n) is 6.86. The van der Waals surface area contributed by atoms with Gasteiger partial charge in [0.05, 0.1) is 24.0 Å². The molecule has 106 valence electrons. The molecule has 0 radical (unpaired) electrons. The van der Waals surface area contributed by atoms with E-state index in [0.29, 0.717) is 23.3 Å². The Morgan fingerprint density at radius 2 is 2.25 bits per heavy atom. The maximum Gasteiger partial charge on any atom is 0.322 e. The van der Waals surface area contributed by atoms with E-state index in [-0.39, 0.29) is 12.5 Å². The summed E-state index contributed by atoms with van der Waals surface area (Å²) in [6, 6.07) is 3.63. The molecule has 3 rings (SSSR count). The minimum absolute atomic E-state index is 0.0787. The SMILES string of the molecule is O=C(O)Cc1ccc(NC(=O)N2CC3CCC2C3)cn1. The molecule has 2 unspecified atom stereocenters. The topological polar surface area (TPSA) is 82.5 Å². The number of carboxylic acids is 1. The molecule has 20 heavy (non-hydrogen) atoms. The van der Waals surface area contributed by atoms with Crippen LogP contribution in [0.2, 0.25) is 0 Å². The van der Waals surface area contributed by atoms with Crippen LogP contribution >= 0.6 is 0 Å². The lowest BCUT2D eigenvalue weighted by Crippen LogP contribution is -2.40. The van der Waals surface area contributed by atoms with E-state index in [0.717, 1.165) is 19.4 Å². The second-order valence-corrected chi connectivity index (χ2v) is 5.52. The molecule has 0 aromatic carbocycles. The van der Waals surface area contributed by atoms with Crippen LogP contribution in [0.25, 0.3) is 0 Å². The number of carbonyl (C=O) groups is 2. The van der Waals surface area contributed by atoms with Gasteiger partial charge in [-0.25, -0.2) is 4.79 Å². The van der Waals surface area contributed by atoms with Gasteiger partial charge in [0.25, 0.3) is 0 Å². The van der Waals surface area contributed by atoms with Crippen molar-refractivity contribution in [3.8, 4) is 0 Å². The quantitative estimate of drug-likeness (QED) is 0.880. The Morgan fingerprint density at radius 3 is 2.80 bits per heavy atom. The van der Waals surface area contributed by atoms with E-state index in [1.165, 1.54) is 12.6 Å². The number of piperidine rings is 1. The van der Waals surface area contributed by atoms with Crippen molar-refractivity contribution < 1.29 is 14.7 Å². The number of carboxylic acid groups (broad SMARTS) is 1. The number of urea groups is 1. The highest BCUT2D eigenvalue weighted by atomic mass is 16.4. The van der Waals surface area contributed by atoms with E-state index < -0.39 is 5.97 Å². The van der Waals surface area contributed by atoms with Gasteiger partial charge in [0.15, 0.2) is 0 Å². The number of anilines is 1. The molecule has 1 aromatic heterocycles. The van der Waals surface area contributed by atoms with Gasteiger partial charge in [-0.2, -0.15) is 0 Å². The molecule has 2 bridgehead atoms. The van der Waals surface area contributed by atoms with Gasteiger partial charge in [0, 0.05) is 12.6 Å². The van der Waals surface area contributed by atoms with E-state index in [1.807, 2.05) is 4.90 Å². The molecule has 1 aliphatic carbocycles. The Kier molecular flexibility index (Phi) is 3.30. The Morgan fingerprint density at radius 1 is 1.40 bits per heavy atom. The van der Waals surface area contributed by atoms with Gasteiger partial charge < -0.3 is 15.3 Å². The summed E-state index contributed by atoms with van der Waals surface area (Å²) in [5, 5.41) is 11.5. The Labute approximate surface area is 116 Å². The molecular weight excluding hydrogens is 258 g/mol. The first-order valence-corrected chi connectivity index (χ1v) is 6.86. The van der Waals surface area contributed by atoms with Crippen LogP contribution < -0.4 is 5.32 Å². The number of nitrogens with zero attached hydrogens (tertiary/aromatic N) is 2. The lowest BCUT2D eigenvalue weighted by atomic mass is 10.1. The summed E-state index contributed by atoms with van der Waals surface area (Å²) in [5.41, 5.74) is 1.09. The van der Waals surface area contributed by atoms with Gasteiger partial charge in [-0.15, -0.1) is 0 Å². The number of pyridine rings is 1. The van der Waals surface area contributed by atoms with E-state index in [9.17, 15) is 9.59 Å². The van der Waals surface area contributed by atoms with Gasteiger partial charge in [0.1, 0.15) is 0 Å². The van der Waals surface area contributed by atoms with Gasteiger partial charge >= 0.3 is 12.0 Å². The summed E-state index contributed by atoms with van der Waals surface area (Å²) in [7, 11) is 0. The largest absolute Gasteiger partial charge is 0.481 e. The highest BCUT2D eigenvalue weighted by Gasteiger charge is 2.40. The second-order valence-electron chi connectivity index (χ2n) is 5.52. The zero-order chi connectivity index (χ0) is 14.1. The van der Waals surface area contributed by atoms with Crippen LogP contribution in [-0.4, -0.2) is 39.6 Å². The van der Waals surface area contributed by atoms with Crippen molar-refractivity contribution >= 4 is 17.7 Å². The predicted octanol–water partition coefficient (Wildman–Crippen LogP) is 1.72. The molecular formula is C14H17N3O3. The minimum atomic E-state index is -0.914. The smallest absolute Gasteiger partial charge is 0.322 e. The summed E-state index contributed by atoms with van der Waals surface area (Å²) in [4.78, 5) is 28.7. The average molecular weight is 275 g/mol. The number of aromatic nitrogens is 1. The maximum atomic E-state index is 12.2. The zero-order valence-corrected chi connectivity index (χ0v) is 11.1. The number of aliphatic carboxylic acids is 1. The van der Waals surface area contributed by atoms with Crippen molar-refractivity contribution in [1.82, 2.24) is 9.88 Å². The van der Waals surface area contributed by atoms with Crippen LogP contribution in [0.15, 0.2) is 18.3 Å². The van der Waals surface area contributed by atoms with Crippen LogP contribution in [0.1, 0.15) is 25.0 Å². The van der Waals surface area contributed by atoms with E-state index in [4.69, 9.17) is 5.11 Å². The van der Waals surface area contributed by atoms with Gasteiger partial charge in [-0.05, 0) is 37.3 Å².